The first-order chi connectivity index (χ1) is 12.6. The number of hydrogen-bond acceptors (Lipinski definition) is 4. The van der Waals surface area contributed by atoms with Crippen molar-refractivity contribution in [3.05, 3.63) is 59.7 Å². The van der Waals surface area contributed by atoms with Gasteiger partial charge in [0.15, 0.2) is 6.61 Å². The van der Waals surface area contributed by atoms with Crippen LogP contribution in [0.4, 0.5) is 5.69 Å². The molecule has 26 heavy (non-hydrogen) atoms. The van der Waals surface area contributed by atoms with E-state index < -0.39 is 0 Å². The van der Waals surface area contributed by atoms with E-state index >= 15 is 0 Å². The molecule has 0 bridgehead atoms. The van der Waals surface area contributed by atoms with Gasteiger partial charge < -0.3 is 19.7 Å². The van der Waals surface area contributed by atoms with E-state index in [1.807, 2.05) is 31.2 Å². The quantitative estimate of drug-likeness (QED) is 0.896. The van der Waals surface area contributed by atoms with Crippen molar-refractivity contribution in [3.8, 4) is 5.75 Å². The maximum absolute atomic E-state index is 12.4. The molecule has 1 N–H and O–H groups in total. The van der Waals surface area contributed by atoms with Crippen molar-refractivity contribution in [2.75, 3.05) is 38.2 Å². The Morgan fingerprint density at radius 2 is 1.77 bits per heavy atom. The minimum absolute atomic E-state index is 0.0165. The Kier molecular flexibility index (Phi) is 5.86. The number of carbonyl (C=O) groups excluding carboxylic acids is 2. The lowest BCUT2D eigenvalue weighted by Crippen LogP contribution is -2.40. The predicted molar refractivity (Wildman–Crippen MR) is 98.5 cm³/mol. The number of morpholine rings is 1. The first-order valence-electron chi connectivity index (χ1n) is 8.59. The molecule has 0 saturated carbocycles. The average molecular weight is 354 g/mol. The Bertz CT molecular complexity index is 768. The third kappa shape index (κ3) is 4.61. The Morgan fingerprint density at radius 1 is 1.08 bits per heavy atom. The largest absolute Gasteiger partial charge is 0.484 e. The standard InChI is InChI=1S/C20H22N2O4/c1-15-4-2-3-5-18(15)21-19(23)14-26-17-8-6-16(7-9-17)20(24)22-10-12-25-13-11-22/h2-9H,10-14H2,1H3,(H,21,23). The molecule has 0 radical (unpaired) electrons. The van der Waals surface area contributed by atoms with Crippen LogP contribution in [0.2, 0.25) is 0 Å². The van der Waals surface area contributed by atoms with Gasteiger partial charge in [-0.1, -0.05) is 18.2 Å². The second-order valence-corrected chi connectivity index (χ2v) is 6.08. The van der Waals surface area contributed by atoms with Gasteiger partial charge in [0.25, 0.3) is 11.8 Å². The van der Waals surface area contributed by atoms with Gasteiger partial charge in [-0.15, -0.1) is 0 Å². The van der Waals surface area contributed by atoms with Crippen LogP contribution in [-0.4, -0.2) is 49.6 Å². The summed E-state index contributed by atoms with van der Waals surface area (Å²) in [6.45, 7) is 4.20. The highest BCUT2D eigenvalue weighted by atomic mass is 16.5. The van der Waals surface area contributed by atoms with Gasteiger partial charge >= 0.3 is 0 Å². The smallest absolute Gasteiger partial charge is 0.262 e. The Balaban J connectivity index is 1.52. The number of para-hydroxylation sites is 1. The van der Waals surface area contributed by atoms with E-state index in [0.29, 0.717) is 37.6 Å². The number of nitrogens with zero attached hydrogens (tertiary/aromatic N) is 1. The van der Waals surface area contributed by atoms with Crippen molar-refractivity contribution in [2.24, 2.45) is 0 Å². The zero-order valence-electron chi connectivity index (χ0n) is 14.7. The van der Waals surface area contributed by atoms with Gasteiger partial charge in [-0.3, -0.25) is 9.59 Å². The van der Waals surface area contributed by atoms with Crippen molar-refractivity contribution in [2.45, 2.75) is 6.92 Å². The van der Waals surface area contributed by atoms with Crippen molar-refractivity contribution in [3.63, 3.8) is 0 Å². The summed E-state index contributed by atoms with van der Waals surface area (Å²) >= 11 is 0. The first kappa shape index (κ1) is 17.9. The normalized spacial score (nSPS) is 14.0. The third-order valence-electron chi connectivity index (χ3n) is 4.19. The molecule has 0 spiro atoms. The number of ether oxygens (including phenoxy) is 2. The van der Waals surface area contributed by atoms with Crippen molar-refractivity contribution >= 4 is 17.5 Å². The van der Waals surface area contributed by atoms with Crippen LogP contribution in [0.1, 0.15) is 15.9 Å². The molecule has 0 atom stereocenters. The number of anilines is 1. The molecule has 6 heteroatoms. The van der Waals surface area contributed by atoms with E-state index in [2.05, 4.69) is 5.32 Å². The molecule has 0 aliphatic carbocycles. The van der Waals surface area contributed by atoms with Crippen LogP contribution in [-0.2, 0) is 9.53 Å². The average Bonchev–Trinajstić information content (AvgIpc) is 2.69. The summed E-state index contributed by atoms with van der Waals surface area (Å²) in [6, 6.07) is 14.4. The molecule has 1 fully saturated rings. The summed E-state index contributed by atoms with van der Waals surface area (Å²) in [5, 5.41) is 2.82. The molecule has 0 unspecified atom stereocenters. The SMILES string of the molecule is Cc1ccccc1NC(=O)COc1ccc(C(=O)N2CCOCC2)cc1. The summed E-state index contributed by atoms with van der Waals surface area (Å²) in [7, 11) is 0. The highest BCUT2D eigenvalue weighted by Gasteiger charge is 2.18. The second kappa shape index (κ2) is 8.49. The lowest BCUT2D eigenvalue weighted by molar-refractivity contribution is -0.118. The van der Waals surface area contributed by atoms with E-state index in [1.165, 1.54) is 0 Å². The lowest BCUT2D eigenvalue weighted by atomic mass is 10.2. The molecule has 2 amide bonds. The van der Waals surface area contributed by atoms with E-state index in [9.17, 15) is 9.59 Å². The number of hydrogen-bond donors (Lipinski definition) is 1. The monoisotopic (exact) mass is 354 g/mol. The van der Waals surface area contributed by atoms with Crippen LogP contribution in [0.15, 0.2) is 48.5 Å². The fourth-order valence-corrected chi connectivity index (χ4v) is 2.69. The Hall–Kier alpha value is -2.86. The molecular formula is C20H22N2O4. The highest BCUT2D eigenvalue weighted by Crippen LogP contribution is 2.16. The topological polar surface area (TPSA) is 67.9 Å². The Morgan fingerprint density at radius 3 is 2.46 bits per heavy atom. The van der Waals surface area contributed by atoms with Gasteiger partial charge in [0, 0.05) is 24.3 Å². The number of aryl methyl sites for hydroxylation is 1. The molecule has 2 aromatic rings. The molecule has 136 valence electrons. The number of rotatable bonds is 5. The zero-order valence-corrected chi connectivity index (χ0v) is 14.7. The van der Waals surface area contributed by atoms with Crippen LogP contribution in [0, 0.1) is 6.92 Å². The first-order valence-corrected chi connectivity index (χ1v) is 8.59. The fraction of sp³-hybridized carbons (Fsp3) is 0.300. The van der Waals surface area contributed by atoms with Gasteiger partial charge in [-0.2, -0.15) is 0 Å². The molecule has 2 aromatic carbocycles. The van der Waals surface area contributed by atoms with Crippen molar-refractivity contribution in [1.29, 1.82) is 0 Å². The molecule has 1 saturated heterocycles. The molecule has 1 aliphatic heterocycles. The summed E-state index contributed by atoms with van der Waals surface area (Å²) in [4.78, 5) is 26.2. The van der Waals surface area contributed by atoms with Crippen molar-refractivity contribution in [1.82, 2.24) is 4.90 Å². The second-order valence-electron chi connectivity index (χ2n) is 6.08. The summed E-state index contributed by atoms with van der Waals surface area (Å²) in [5.41, 5.74) is 2.36. The highest BCUT2D eigenvalue weighted by molar-refractivity contribution is 5.94. The number of benzene rings is 2. The van der Waals surface area contributed by atoms with Crippen molar-refractivity contribution < 1.29 is 19.1 Å². The maximum atomic E-state index is 12.4. The minimum atomic E-state index is -0.229. The van der Waals surface area contributed by atoms with Gasteiger partial charge in [0.1, 0.15) is 5.75 Å². The van der Waals surface area contributed by atoms with Crippen LogP contribution in [0.5, 0.6) is 5.75 Å². The van der Waals surface area contributed by atoms with Crippen LogP contribution in [0.25, 0.3) is 0 Å². The van der Waals surface area contributed by atoms with E-state index in [1.54, 1.807) is 29.2 Å². The van der Waals surface area contributed by atoms with Gasteiger partial charge in [0.05, 0.1) is 13.2 Å². The molecular weight excluding hydrogens is 332 g/mol. The summed E-state index contributed by atoms with van der Waals surface area (Å²) < 4.78 is 10.8. The lowest BCUT2D eigenvalue weighted by Gasteiger charge is -2.26. The zero-order chi connectivity index (χ0) is 18.4. The molecule has 6 nitrogen and oxygen atoms in total. The molecule has 1 aliphatic rings. The summed E-state index contributed by atoms with van der Waals surface area (Å²) in [6.07, 6.45) is 0. The minimum Gasteiger partial charge on any atom is -0.484 e. The van der Waals surface area contributed by atoms with Crippen LogP contribution in [0.3, 0.4) is 0 Å². The number of amides is 2. The third-order valence-corrected chi connectivity index (χ3v) is 4.19. The van der Waals surface area contributed by atoms with Gasteiger partial charge in [0.2, 0.25) is 0 Å². The number of nitrogens with one attached hydrogen (secondary N) is 1. The fourth-order valence-electron chi connectivity index (χ4n) is 2.69. The van der Waals surface area contributed by atoms with E-state index in [4.69, 9.17) is 9.47 Å². The van der Waals surface area contributed by atoms with Crippen LogP contribution < -0.4 is 10.1 Å². The number of carbonyl (C=O) groups is 2. The van der Waals surface area contributed by atoms with Crippen LogP contribution >= 0.6 is 0 Å². The predicted octanol–water partition coefficient (Wildman–Crippen LogP) is 2.48. The molecule has 1 heterocycles. The van der Waals surface area contributed by atoms with Gasteiger partial charge in [-0.25, -0.2) is 0 Å². The molecule has 3 rings (SSSR count). The van der Waals surface area contributed by atoms with E-state index in [0.717, 1.165) is 11.3 Å². The maximum Gasteiger partial charge on any atom is 0.262 e. The Labute approximate surface area is 152 Å². The van der Waals surface area contributed by atoms with E-state index in [-0.39, 0.29) is 18.4 Å². The molecule has 0 aromatic heterocycles. The summed E-state index contributed by atoms with van der Waals surface area (Å²) in [5.74, 6) is 0.299. The van der Waals surface area contributed by atoms with Gasteiger partial charge in [-0.05, 0) is 42.8 Å².